The van der Waals surface area contributed by atoms with Crippen molar-refractivity contribution in [3.05, 3.63) is 17.0 Å². The lowest BCUT2D eigenvalue weighted by Gasteiger charge is -2.05. The van der Waals surface area contributed by atoms with Gasteiger partial charge in [0, 0.05) is 19.0 Å². The molecule has 0 saturated carbocycles. The van der Waals surface area contributed by atoms with Crippen molar-refractivity contribution in [2.75, 3.05) is 11.9 Å². The summed E-state index contributed by atoms with van der Waals surface area (Å²) in [5.74, 6) is 4.06. The van der Waals surface area contributed by atoms with Gasteiger partial charge in [-0.25, -0.2) is 9.97 Å². The lowest BCUT2D eigenvalue weighted by atomic mass is 10.2. The van der Waals surface area contributed by atoms with E-state index < -0.39 is 0 Å². The number of nitrogens with zero attached hydrogens (tertiary/aromatic N) is 2. The van der Waals surface area contributed by atoms with Gasteiger partial charge in [-0.05, 0) is 19.8 Å². The third-order valence-corrected chi connectivity index (χ3v) is 2.05. The van der Waals surface area contributed by atoms with Gasteiger partial charge in [-0.3, -0.25) is 0 Å². The van der Waals surface area contributed by atoms with E-state index in [0.717, 1.165) is 31.6 Å². The average molecular weight is 224 g/mol. The molecule has 0 saturated heterocycles. The summed E-state index contributed by atoms with van der Waals surface area (Å²) >= 11 is 5.80. The fourth-order valence-electron chi connectivity index (χ4n) is 1.19. The summed E-state index contributed by atoms with van der Waals surface area (Å²) in [5, 5.41) is 3.65. The van der Waals surface area contributed by atoms with E-state index in [4.69, 9.17) is 18.0 Å². The number of terminal acetylenes is 1. The average Bonchev–Trinajstić information content (AvgIpc) is 2.16. The fourth-order valence-corrected chi connectivity index (χ4v) is 1.42. The molecule has 0 amide bonds. The molecule has 0 aliphatic heterocycles. The summed E-state index contributed by atoms with van der Waals surface area (Å²) in [6, 6.07) is 1.72. The smallest absolute Gasteiger partial charge is 0.134 e. The number of hydrogen-bond donors (Lipinski definition) is 1. The van der Waals surface area contributed by atoms with Crippen molar-refractivity contribution in [3.8, 4) is 12.3 Å². The lowest BCUT2D eigenvalue weighted by molar-refractivity contribution is 0.786. The van der Waals surface area contributed by atoms with Crippen LogP contribution in [0.3, 0.4) is 0 Å². The Bertz CT molecular complexity index is 337. The highest BCUT2D eigenvalue weighted by molar-refractivity contribution is 6.29. The standard InChI is InChI=1S/C11H14ClN3/c1-3-4-5-6-7-13-11-8-10(12)14-9(2)15-11/h1,8H,4-7H2,2H3,(H,13,14,15). The van der Waals surface area contributed by atoms with Gasteiger partial charge in [0.1, 0.15) is 16.8 Å². The molecule has 1 heterocycles. The van der Waals surface area contributed by atoms with Crippen molar-refractivity contribution in [2.45, 2.75) is 26.2 Å². The molecule has 0 atom stereocenters. The van der Waals surface area contributed by atoms with Crippen LogP contribution in [0.2, 0.25) is 5.15 Å². The van der Waals surface area contributed by atoms with Gasteiger partial charge in [0.2, 0.25) is 0 Å². The first-order valence-electron chi connectivity index (χ1n) is 4.91. The van der Waals surface area contributed by atoms with E-state index in [1.807, 2.05) is 6.92 Å². The maximum atomic E-state index is 5.80. The van der Waals surface area contributed by atoms with Crippen LogP contribution in [0.25, 0.3) is 0 Å². The minimum atomic E-state index is 0.466. The number of hydrogen-bond acceptors (Lipinski definition) is 3. The van der Waals surface area contributed by atoms with Crippen molar-refractivity contribution in [1.82, 2.24) is 9.97 Å². The third-order valence-electron chi connectivity index (χ3n) is 1.86. The Hall–Kier alpha value is -1.27. The molecule has 3 nitrogen and oxygen atoms in total. The predicted molar refractivity (Wildman–Crippen MR) is 63.0 cm³/mol. The van der Waals surface area contributed by atoms with Crippen LogP contribution in [0.4, 0.5) is 5.82 Å². The molecular weight excluding hydrogens is 210 g/mol. The number of halogens is 1. The summed E-state index contributed by atoms with van der Waals surface area (Å²) in [5.41, 5.74) is 0. The van der Waals surface area contributed by atoms with Crippen LogP contribution in [0.5, 0.6) is 0 Å². The highest BCUT2D eigenvalue weighted by Gasteiger charge is 1.98. The molecule has 0 aliphatic carbocycles. The molecule has 80 valence electrons. The summed E-state index contributed by atoms with van der Waals surface area (Å²) in [6.45, 7) is 2.67. The van der Waals surface area contributed by atoms with E-state index in [9.17, 15) is 0 Å². The number of anilines is 1. The van der Waals surface area contributed by atoms with Gasteiger partial charge in [0.15, 0.2) is 0 Å². The zero-order chi connectivity index (χ0) is 11.1. The molecule has 0 unspecified atom stereocenters. The van der Waals surface area contributed by atoms with Crippen LogP contribution in [0.15, 0.2) is 6.07 Å². The summed E-state index contributed by atoms with van der Waals surface area (Å²) in [7, 11) is 0. The van der Waals surface area contributed by atoms with Crippen molar-refractivity contribution in [2.24, 2.45) is 0 Å². The van der Waals surface area contributed by atoms with E-state index in [2.05, 4.69) is 21.2 Å². The second-order valence-electron chi connectivity index (χ2n) is 3.21. The second kappa shape index (κ2) is 6.26. The third kappa shape index (κ3) is 4.66. The summed E-state index contributed by atoms with van der Waals surface area (Å²) in [4.78, 5) is 8.18. The topological polar surface area (TPSA) is 37.8 Å². The lowest BCUT2D eigenvalue weighted by Crippen LogP contribution is -2.04. The molecule has 0 bridgehead atoms. The molecule has 0 aromatic carbocycles. The monoisotopic (exact) mass is 223 g/mol. The zero-order valence-corrected chi connectivity index (χ0v) is 9.51. The Morgan fingerprint density at radius 3 is 2.93 bits per heavy atom. The minimum Gasteiger partial charge on any atom is -0.370 e. The Morgan fingerprint density at radius 1 is 1.47 bits per heavy atom. The fraction of sp³-hybridized carbons (Fsp3) is 0.455. The molecule has 15 heavy (non-hydrogen) atoms. The van der Waals surface area contributed by atoms with Gasteiger partial charge in [0.05, 0.1) is 0 Å². The van der Waals surface area contributed by atoms with E-state index in [1.165, 1.54) is 0 Å². The Balaban J connectivity index is 2.34. The first kappa shape index (κ1) is 11.8. The van der Waals surface area contributed by atoms with E-state index in [1.54, 1.807) is 6.07 Å². The molecule has 0 radical (unpaired) electrons. The van der Waals surface area contributed by atoms with Gasteiger partial charge in [-0.15, -0.1) is 12.3 Å². The van der Waals surface area contributed by atoms with Crippen LogP contribution < -0.4 is 5.32 Å². The quantitative estimate of drug-likeness (QED) is 0.474. The number of aryl methyl sites for hydroxylation is 1. The maximum absolute atomic E-state index is 5.80. The summed E-state index contributed by atoms with van der Waals surface area (Å²) in [6.07, 6.45) is 8.04. The van der Waals surface area contributed by atoms with Crippen molar-refractivity contribution >= 4 is 17.4 Å². The van der Waals surface area contributed by atoms with E-state index in [-0.39, 0.29) is 0 Å². The molecule has 1 rings (SSSR count). The van der Waals surface area contributed by atoms with Gasteiger partial charge in [0.25, 0.3) is 0 Å². The number of nitrogens with one attached hydrogen (secondary N) is 1. The Labute approximate surface area is 95.3 Å². The van der Waals surface area contributed by atoms with Crippen LogP contribution in [0, 0.1) is 19.3 Å². The van der Waals surface area contributed by atoms with Crippen LogP contribution in [0.1, 0.15) is 25.1 Å². The highest BCUT2D eigenvalue weighted by atomic mass is 35.5. The summed E-state index contributed by atoms with van der Waals surface area (Å²) < 4.78 is 0. The zero-order valence-electron chi connectivity index (χ0n) is 8.76. The SMILES string of the molecule is C#CCCCCNc1cc(Cl)nc(C)n1. The minimum absolute atomic E-state index is 0.466. The molecule has 4 heteroatoms. The normalized spacial score (nSPS) is 9.67. The Morgan fingerprint density at radius 2 is 2.27 bits per heavy atom. The largest absolute Gasteiger partial charge is 0.370 e. The van der Waals surface area contributed by atoms with Gasteiger partial charge < -0.3 is 5.32 Å². The number of unbranched alkanes of at least 4 members (excludes halogenated alkanes) is 2. The van der Waals surface area contributed by atoms with Crippen LogP contribution in [-0.4, -0.2) is 16.5 Å². The molecule has 0 fully saturated rings. The number of rotatable bonds is 5. The van der Waals surface area contributed by atoms with Crippen LogP contribution in [-0.2, 0) is 0 Å². The van der Waals surface area contributed by atoms with E-state index >= 15 is 0 Å². The number of aromatic nitrogens is 2. The molecule has 1 N–H and O–H groups in total. The second-order valence-corrected chi connectivity index (χ2v) is 3.60. The van der Waals surface area contributed by atoms with Crippen LogP contribution >= 0.6 is 11.6 Å². The van der Waals surface area contributed by atoms with Crippen molar-refractivity contribution in [1.29, 1.82) is 0 Å². The molecule has 0 spiro atoms. The first-order valence-corrected chi connectivity index (χ1v) is 5.28. The van der Waals surface area contributed by atoms with Gasteiger partial charge in [-0.2, -0.15) is 0 Å². The van der Waals surface area contributed by atoms with Gasteiger partial charge in [-0.1, -0.05) is 11.6 Å². The maximum Gasteiger partial charge on any atom is 0.134 e. The van der Waals surface area contributed by atoms with Crippen molar-refractivity contribution in [3.63, 3.8) is 0 Å². The first-order chi connectivity index (χ1) is 7.22. The van der Waals surface area contributed by atoms with Crippen molar-refractivity contribution < 1.29 is 0 Å². The molecule has 0 aliphatic rings. The molecule has 1 aromatic heterocycles. The van der Waals surface area contributed by atoms with Gasteiger partial charge >= 0.3 is 0 Å². The molecule has 1 aromatic rings. The predicted octanol–water partition coefficient (Wildman–Crippen LogP) is 2.65. The molecular formula is C11H14ClN3. The highest BCUT2D eigenvalue weighted by Crippen LogP contribution is 2.11. The Kier molecular flexibility index (Phi) is 4.92. The van der Waals surface area contributed by atoms with E-state index in [0.29, 0.717) is 11.0 Å².